The number of hydrogen-bond donors (Lipinski definition) is 1. The summed E-state index contributed by atoms with van der Waals surface area (Å²) in [5, 5.41) is 4.16. The van der Waals surface area contributed by atoms with E-state index in [1.54, 1.807) is 17.5 Å². The van der Waals surface area contributed by atoms with Crippen LogP contribution in [0.2, 0.25) is 5.02 Å². The van der Waals surface area contributed by atoms with Gasteiger partial charge in [-0.1, -0.05) is 23.7 Å². The van der Waals surface area contributed by atoms with Crippen molar-refractivity contribution in [2.24, 2.45) is 0 Å². The van der Waals surface area contributed by atoms with Gasteiger partial charge in [0.2, 0.25) is 5.78 Å². The Morgan fingerprint density at radius 2 is 1.93 bits per heavy atom. The second-order valence-corrected chi connectivity index (χ2v) is 9.54. The predicted octanol–water partition coefficient (Wildman–Crippen LogP) is 5.17. The van der Waals surface area contributed by atoms with Gasteiger partial charge in [-0.3, -0.25) is 9.10 Å². The van der Waals surface area contributed by atoms with Gasteiger partial charge in [-0.15, -0.1) is 11.3 Å². The summed E-state index contributed by atoms with van der Waals surface area (Å²) in [6.07, 6.45) is 1.06. The van der Waals surface area contributed by atoms with Crippen molar-refractivity contribution in [3.8, 4) is 0 Å². The number of nitrogens with one attached hydrogen (secondary N) is 1. The van der Waals surface area contributed by atoms with Gasteiger partial charge in [-0.2, -0.15) is 0 Å². The summed E-state index contributed by atoms with van der Waals surface area (Å²) in [5.41, 5.74) is 0.990. The normalized spacial score (nSPS) is 16.6. The van der Waals surface area contributed by atoms with Crippen LogP contribution in [-0.2, 0) is 16.6 Å². The number of nitrogens with zero attached hydrogens (tertiary/aromatic N) is 1. The van der Waals surface area contributed by atoms with Crippen LogP contribution in [0.1, 0.15) is 15.2 Å². The minimum Gasteiger partial charge on any atom is -0.360 e. The Bertz CT molecular complexity index is 1290. The average molecular weight is 467 g/mol. The smallest absolute Gasteiger partial charge is 0.270 e. The van der Waals surface area contributed by atoms with Gasteiger partial charge >= 0.3 is 0 Å². The number of thiophene rings is 1. The van der Waals surface area contributed by atoms with Crippen LogP contribution in [0, 0.1) is 11.6 Å². The zero-order valence-electron chi connectivity index (χ0n) is 15.1. The van der Waals surface area contributed by atoms with Crippen LogP contribution >= 0.6 is 22.9 Å². The third-order valence-corrected chi connectivity index (χ3v) is 7.37. The third kappa shape index (κ3) is 3.71. The lowest BCUT2D eigenvalue weighted by Gasteiger charge is -2.29. The van der Waals surface area contributed by atoms with Crippen LogP contribution in [0.25, 0.3) is 0 Å². The molecule has 1 aliphatic rings. The average Bonchev–Trinajstić information content (AvgIpc) is 3.17. The molecule has 0 atom stereocenters. The molecule has 0 unspecified atom stereocenters. The summed E-state index contributed by atoms with van der Waals surface area (Å²) < 4.78 is 54.5. The van der Waals surface area contributed by atoms with E-state index in [9.17, 15) is 22.0 Å². The number of halogens is 3. The fraction of sp³-hybridized carbons (Fsp3) is 0.0500. The first kappa shape index (κ1) is 20.5. The number of ketones is 1. The summed E-state index contributed by atoms with van der Waals surface area (Å²) in [7, 11) is -4.24. The zero-order chi connectivity index (χ0) is 21.5. The van der Waals surface area contributed by atoms with E-state index < -0.39 is 32.3 Å². The molecule has 2 aromatic carbocycles. The molecule has 1 N–H and O–H groups in total. The lowest BCUT2D eigenvalue weighted by Crippen LogP contribution is -2.38. The van der Waals surface area contributed by atoms with E-state index in [2.05, 4.69) is 5.32 Å². The first-order chi connectivity index (χ1) is 14.3. The minimum absolute atomic E-state index is 0.142. The molecule has 0 saturated heterocycles. The quantitative estimate of drug-likeness (QED) is 0.539. The van der Waals surface area contributed by atoms with Gasteiger partial charge in [0.1, 0.15) is 16.5 Å². The van der Waals surface area contributed by atoms with E-state index in [1.807, 2.05) is 0 Å². The second-order valence-electron chi connectivity index (χ2n) is 6.39. The van der Waals surface area contributed by atoms with Crippen molar-refractivity contribution in [2.75, 3.05) is 9.62 Å². The molecule has 30 heavy (non-hydrogen) atoms. The molecule has 0 saturated carbocycles. The van der Waals surface area contributed by atoms with E-state index in [1.165, 1.54) is 30.3 Å². The molecule has 0 aliphatic carbocycles. The fourth-order valence-corrected chi connectivity index (χ4v) is 5.66. The fourth-order valence-electron chi connectivity index (χ4n) is 2.99. The molecule has 0 bridgehead atoms. The maximum atomic E-state index is 13.6. The number of sulfonamides is 1. The van der Waals surface area contributed by atoms with Crippen molar-refractivity contribution >= 4 is 50.1 Å². The molecule has 154 valence electrons. The Hall–Kier alpha value is -2.75. The maximum Gasteiger partial charge on any atom is 0.270 e. The number of carbonyl (C=O) groups is 1. The Balaban J connectivity index is 1.74. The third-order valence-electron chi connectivity index (χ3n) is 4.42. The van der Waals surface area contributed by atoms with Crippen LogP contribution in [0.5, 0.6) is 0 Å². The summed E-state index contributed by atoms with van der Waals surface area (Å²) in [5.74, 6) is -1.77. The molecule has 1 aromatic heterocycles. The topological polar surface area (TPSA) is 66.5 Å². The monoisotopic (exact) mass is 466 g/mol. The molecule has 2 heterocycles. The Kier molecular flexibility index (Phi) is 5.35. The van der Waals surface area contributed by atoms with Crippen LogP contribution in [0.4, 0.5) is 20.2 Å². The first-order valence-corrected chi connectivity index (χ1v) is 11.3. The molecule has 0 radical (unpaired) electrons. The van der Waals surface area contributed by atoms with Crippen molar-refractivity contribution in [1.29, 1.82) is 0 Å². The highest BCUT2D eigenvalue weighted by Crippen LogP contribution is 2.39. The van der Waals surface area contributed by atoms with Crippen LogP contribution in [0.3, 0.4) is 0 Å². The van der Waals surface area contributed by atoms with Crippen molar-refractivity contribution in [1.82, 2.24) is 0 Å². The lowest BCUT2D eigenvalue weighted by atomic mass is 10.2. The summed E-state index contributed by atoms with van der Waals surface area (Å²) in [6, 6.07) is 10.9. The van der Waals surface area contributed by atoms with Crippen LogP contribution < -0.4 is 9.62 Å². The number of hydrogen-bond acceptors (Lipinski definition) is 5. The van der Waals surface area contributed by atoms with Crippen molar-refractivity contribution in [3.63, 3.8) is 0 Å². The van der Waals surface area contributed by atoms with E-state index >= 15 is 0 Å². The van der Waals surface area contributed by atoms with Gasteiger partial charge in [0.25, 0.3) is 10.0 Å². The van der Waals surface area contributed by atoms with Gasteiger partial charge < -0.3 is 5.32 Å². The molecular formula is C20H13ClF2N2O3S2. The van der Waals surface area contributed by atoms with Gasteiger partial charge in [-0.05, 0) is 47.3 Å². The number of anilines is 2. The highest BCUT2D eigenvalue weighted by atomic mass is 35.5. The summed E-state index contributed by atoms with van der Waals surface area (Å²) >= 11 is 6.85. The van der Waals surface area contributed by atoms with E-state index in [-0.39, 0.29) is 22.1 Å². The number of benzene rings is 2. The Labute approximate surface area is 180 Å². The van der Waals surface area contributed by atoms with Crippen LogP contribution in [-0.4, -0.2) is 14.2 Å². The number of allylic oxidation sites excluding steroid dienone is 1. The largest absolute Gasteiger partial charge is 0.360 e. The highest BCUT2D eigenvalue weighted by Gasteiger charge is 2.41. The second kappa shape index (κ2) is 7.82. The maximum absolute atomic E-state index is 13.6. The standard InChI is InChI=1S/C20H13ClF2N2O3S2/c21-15-9-14(4-5-16(15)23)24-10-18-19(26)20-17(6-7-29-20)25(30(18,27)28)11-12-2-1-3-13(22)8-12/h1-10,24H,11H2. The SMILES string of the molecule is O=C1C(=CNc2ccc(F)c(Cl)c2)S(=O)(=O)N(Cc2cccc(F)c2)c2ccsc21. The summed E-state index contributed by atoms with van der Waals surface area (Å²) in [6.45, 7) is -0.142. The van der Waals surface area contributed by atoms with Gasteiger partial charge in [0.15, 0.2) is 4.91 Å². The summed E-state index contributed by atoms with van der Waals surface area (Å²) in [4.78, 5) is 12.6. The number of fused-ring (bicyclic) bond motifs is 1. The Morgan fingerprint density at radius 3 is 2.67 bits per heavy atom. The molecule has 1 aliphatic heterocycles. The van der Waals surface area contributed by atoms with Gasteiger partial charge in [0.05, 0.1) is 17.3 Å². The molecule has 0 amide bonds. The number of Topliss-reactive ketones (excluding diaryl/α,β-unsaturated/α-hetero) is 1. The number of carbonyl (C=O) groups excluding carboxylic acids is 1. The zero-order valence-corrected chi connectivity index (χ0v) is 17.5. The Morgan fingerprint density at radius 1 is 1.13 bits per heavy atom. The molecule has 5 nitrogen and oxygen atoms in total. The number of rotatable bonds is 4. The molecule has 0 spiro atoms. The molecular weight excluding hydrogens is 454 g/mol. The van der Waals surface area contributed by atoms with E-state index in [0.717, 1.165) is 27.9 Å². The highest BCUT2D eigenvalue weighted by molar-refractivity contribution is 7.97. The first-order valence-electron chi connectivity index (χ1n) is 8.58. The molecule has 3 aromatic rings. The van der Waals surface area contributed by atoms with Gasteiger partial charge in [0, 0.05) is 11.9 Å². The predicted molar refractivity (Wildman–Crippen MR) is 113 cm³/mol. The molecule has 0 fully saturated rings. The minimum atomic E-state index is -4.24. The van der Waals surface area contributed by atoms with Crippen molar-refractivity contribution < 1.29 is 22.0 Å². The van der Waals surface area contributed by atoms with Crippen molar-refractivity contribution in [3.05, 3.63) is 92.1 Å². The van der Waals surface area contributed by atoms with Gasteiger partial charge in [-0.25, -0.2) is 17.2 Å². The molecule has 10 heteroatoms. The van der Waals surface area contributed by atoms with Crippen LogP contribution in [0.15, 0.2) is 65.0 Å². The molecule has 4 rings (SSSR count). The van der Waals surface area contributed by atoms with E-state index in [0.29, 0.717) is 11.3 Å². The lowest BCUT2D eigenvalue weighted by molar-refractivity contribution is 0.104. The van der Waals surface area contributed by atoms with E-state index in [4.69, 9.17) is 11.6 Å². The van der Waals surface area contributed by atoms with Crippen molar-refractivity contribution in [2.45, 2.75) is 6.54 Å².